The average Bonchev–Trinajstić information content (AvgIpc) is 2.36. The number of unbranched alkanes of at least 4 members (excludes halogenated alkanes) is 2. The van der Waals surface area contributed by atoms with Gasteiger partial charge < -0.3 is 30.5 Å². The van der Waals surface area contributed by atoms with Crippen LogP contribution in [-0.2, 0) is 4.79 Å². The van der Waals surface area contributed by atoms with E-state index in [0.717, 1.165) is 19.3 Å². The molecule has 0 bridgehead atoms. The zero-order valence-corrected chi connectivity index (χ0v) is 10.1. The topological polar surface area (TPSA) is 110 Å². The molecule has 0 heterocycles. The van der Waals surface area contributed by atoms with Gasteiger partial charge in [-0.25, -0.2) is 0 Å². The van der Waals surface area contributed by atoms with Crippen LogP contribution in [0.5, 0.6) is 0 Å². The lowest BCUT2D eigenvalue weighted by Gasteiger charge is -2.26. The van der Waals surface area contributed by atoms with Crippen molar-refractivity contribution in [2.45, 2.75) is 50.5 Å². The van der Waals surface area contributed by atoms with Crippen molar-refractivity contribution in [3.05, 3.63) is 0 Å². The SMILES string of the molecule is CCCCCN[C@@H](C=O)[C@@H](O)[C@H](O)[C@H](O)CO. The Morgan fingerprint density at radius 1 is 1.18 bits per heavy atom. The number of nitrogens with one attached hydrogen (secondary N) is 1. The summed E-state index contributed by atoms with van der Waals surface area (Å²) in [6, 6.07) is -0.942. The maximum Gasteiger partial charge on any atom is 0.139 e. The van der Waals surface area contributed by atoms with Gasteiger partial charge in [-0.2, -0.15) is 0 Å². The van der Waals surface area contributed by atoms with Crippen LogP contribution in [0.25, 0.3) is 0 Å². The van der Waals surface area contributed by atoms with Gasteiger partial charge in [-0.05, 0) is 13.0 Å². The normalized spacial score (nSPS) is 18.4. The third kappa shape index (κ3) is 6.09. The van der Waals surface area contributed by atoms with Crippen LogP contribution in [0.4, 0.5) is 0 Å². The van der Waals surface area contributed by atoms with Crippen LogP contribution in [-0.4, -0.2) is 64.2 Å². The third-order valence-corrected chi connectivity index (χ3v) is 2.61. The lowest BCUT2D eigenvalue weighted by Crippen LogP contribution is -2.52. The molecule has 6 heteroatoms. The fourth-order valence-corrected chi connectivity index (χ4v) is 1.44. The smallest absolute Gasteiger partial charge is 0.139 e. The lowest BCUT2D eigenvalue weighted by molar-refractivity contribution is -0.120. The van der Waals surface area contributed by atoms with E-state index in [2.05, 4.69) is 5.32 Å². The molecular formula is C11H23NO5. The van der Waals surface area contributed by atoms with E-state index in [1.54, 1.807) is 0 Å². The van der Waals surface area contributed by atoms with Crippen molar-refractivity contribution in [1.29, 1.82) is 0 Å². The Balaban J connectivity index is 4.10. The standard InChI is InChI=1S/C11H23NO5/c1-2-3-4-5-12-8(6-13)10(16)11(17)9(15)7-14/h6,8-12,14-17H,2-5,7H2,1H3/t8-,9+,10+,11+/m0/s1. The minimum absolute atomic E-state index is 0.490. The first-order valence-electron chi connectivity index (χ1n) is 5.92. The number of rotatable bonds is 10. The zero-order chi connectivity index (χ0) is 13.3. The van der Waals surface area contributed by atoms with Crippen LogP contribution in [0.1, 0.15) is 26.2 Å². The van der Waals surface area contributed by atoms with Crippen molar-refractivity contribution in [1.82, 2.24) is 5.32 Å². The van der Waals surface area contributed by atoms with Crippen molar-refractivity contribution in [3.63, 3.8) is 0 Å². The first-order valence-corrected chi connectivity index (χ1v) is 5.92. The van der Waals surface area contributed by atoms with Gasteiger partial charge in [-0.15, -0.1) is 0 Å². The molecule has 0 radical (unpaired) electrons. The van der Waals surface area contributed by atoms with Crippen molar-refractivity contribution in [2.24, 2.45) is 0 Å². The Hall–Kier alpha value is -0.530. The number of hydrogen-bond donors (Lipinski definition) is 5. The van der Waals surface area contributed by atoms with Crippen LogP contribution < -0.4 is 5.32 Å². The zero-order valence-electron chi connectivity index (χ0n) is 10.1. The summed E-state index contributed by atoms with van der Waals surface area (Å²) < 4.78 is 0. The molecule has 0 rings (SSSR count). The summed E-state index contributed by atoms with van der Waals surface area (Å²) in [6.07, 6.45) is -1.02. The number of aliphatic hydroxyl groups excluding tert-OH is 4. The van der Waals surface area contributed by atoms with Crippen molar-refractivity contribution in [2.75, 3.05) is 13.2 Å². The minimum atomic E-state index is -1.55. The molecule has 0 aliphatic rings. The van der Waals surface area contributed by atoms with Crippen LogP contribution in [0.2, 0.25) is 0 Å². The molecular weight excluding hydrogens is 226 g/mol. The second-order valence-corrected chi connectivity index (χ2v) is 4.05. The van der Waals surface area contributed by atoms with E-state index in [-0.39, 0.29) is 0 Å². The summed E-state index contributed by atoms with van der Waals surface area (Å²) in [5, 5.41) is 39.6. The van der Waals surface area contributed by atoms with Gasteiger partial charge in [0.25, 0.3) is 0 Å². The van der Waals surface area contributed by atoms with Gasteiger partial charge in [-0.3, -0.25) is 0 Å². The van der Waals surface area contributed by atoms with Crippen molar-refractivity contribution < 1.29 is 25.2 Å². The fraction of sp³-hybridized carbons (Fsp3) is 0.909. The van der Waals surface area contributed by atoms with E-state index in [0.29, 0.717) is 12.8 Å². The highest BCUT2D eigenvalue weighted by molar-refractivity contribution is 5.58. The largest absolute Gasteiger partial charge is 0.394 e. The highest BCUT2D eigenvalue weighted by atomic mass is 16.4. The number of aldehydes is 1. The Morgan fingerprint density at radius 3 is 2.29 bits per heavy atom. The predicted octanol–water partition coefficient (Wildman–Crippen LogP) is -1.59. The van der Waals surface area contributed by atoms with Crippen LogP contribution >= 0.6 is 0 Å². The van der Waals surface area contributed by atoms with Crippen LogP contribution in [0.3, 0.4) is 0 Å². The number of carbonyl (C=O) groups is 1. The maximum absolute atomic E-state index is 10.7. The number of hydrogen-bond acceptors (Lipinski definition) is 6. The molecule has 0 saturated heterocycles. The molecule has 0 saturated carbocycles. The lowest BCUT2D eigenvalue weighted by atomic mass is 10.0. The molecule has 0 aromatic carbocycles. The van der Waals surface area contributed by atoms with Gasteiger partial charge in [-0.1, -0.05) is 19.8 Å². The minimum Gasteiger partial charge on any atom is -0.394 e. The van der Waals surface area contributed by atoms with Gasteiger partial charge in [0.15, 0.2) is 0 Å². The Morgan fingerprint density at radius 2 is 1.82 bits per heavy atom. The fourth-order valence-electron chi connectivity index (χ4n) is 1.44. The molecule has 0 aromatic heterocycles. The molecule has 0 aromatic rings. The van der Waals surface area contributed by atoms with E-state index in [4.69, 9.17) is 10.2 Å². The van der Waals surface area contributed by atoms with E-state index >= 15 is 0 Å². The summed E-state index contributed by atoms with van der Waals surface area (Å²) in [6.45, 7) is 1.93. The van der Waals surface area contributed by atoms with Crippen LogP contribution in [0.15, 0.2) is 0 Å². The van der Waals surface area contributed by atoms with Gasteiger partial charge in [0, 0.05) is 0 Å². The molecule has 5 N–H and O–H groups in total. The molecule has 0 amide bonds. The molecule has 6 nitrogen and oxygen atoms in total. The van der Waals surface area contributed by atoms with Gasteiger partial charge in [0.2, 0.25) is 0 Å². The summed E-state index contributed by atoms with van der Waals surface area (Å²) in [5.41, 5.74) is 0. The predicted molar refractivity (Wildman–Crippen MR) is 62.5 cm³/mol. The van der Waals surface area contributed by atoms with E-state index in [1.165, 1.54) is 0 Å². The number of carbonyl (C=O) groups excluding carboxylic acids is 1. The summed E-state index contributed by atoms with van der Waals surface area (Å²) in [4.78, 5) is 10.7. The van der Waals surface area contributed by atoms with E-state index in [9.17, 15) is 15.0 Å². The molecule has 0 aliphatic carbocycles. The summed E-state index contributed by atoms with van der Waals surface area (Å²) in [5.74, 6) is 0. The molecule has 0 unspecified atom stereocenters. The maximum atomic E-state index is 10.7. The first kappa shape index (κ1) is 16.5. The second kappa shape index (κ2) is 9.49. The average molecular weight is 249 g/mol. The Kier molecular flexibility index (Phi) is 9.20. The van der Waals surface area contributed by atoms with Gasteiger partial charge >= 0.3 is 0 Å². The molecule has 17 heavy (non-hydrogen) atoms. The Labute approximate surface area is 101 Å². The highest BCUT2D eigenvalue weighted by Crippen LogP contribution is 2.04. The first-order chi connectivity index (χ1) is 8.08. The number of aliphatic hydroxyl groups is 4. The second-order valence-electron chi connectivity index (χ2n) is 4.05. The highest BCUT2D eigenvalue weighted by Gasteiger charge is 2.30. The summed E-state index contributed by atoms with van der Waals surface area (Å²) in [7, 11) is 0. The molecule has 0 aliphatic heterocycles. The Bertz CT molecular complexity index is 202. The monoisotopic (exact) mass is 249 g/mol. The van der Waals surface area contributed by atoms with Gasteiger partial charge in [0.1, 0.15) is 24.6 Å². The van der Waals surface area contributed by atoms with Crippen LogP contribution in [0, 0.1) is 0 Å². The van der Waals surface area contributed by atoms with Crippen molar-refractivity contribution >= 4 is 6.29 Å². The molecule has 4 atom stereocenters. The molecule has 102 valence electrons. The molecule has 0 fully saturated rings. The van der Waals surface area contributed by atoms with E-state index in [1.807, 2.05) is 6.92 Å². The quantitative estimate of drug-likeness (QED) is 0.236. The van der Waals surface area contributed by atoms with Gasteiger partial charge in [0.05, 0.1) is 12.6 Å². The third-order valence-electron chi connectivity index (χ3n) is 2.61. The summed E-state index contributed by atoms with van der Waals surface area (Å²) >= 11 is 0. The van der Waals surface area contributed by atoms with Crippen molar-refractivity contribution in [3.8, 4) is 0 Å². The van der Waals surface area contributed by atoms with E-state index < -0.39 is 31.0 Å². The molecule has 0 spiro atoms.